The van der Waals surface area contributed by atoms with E-state index in [9.17, 15) is 0 Å². The number of hydrogen-bond donors (Lipinski definition) is 0. The molecule has 4 aromatic carbocycles. The maximum atomic E-state index is 5.51. The monoisotopic (exact) mass is 412 g/mol. The van der Waals surface area contributed by atoms with Crippen molar-refractivity contribution in [1.29, 1.82) is 0 Å². The zero-order valence-corrected chi connectivity index (χ0v) is 18.2. The lowest BCUT2D eigenvalue weighted by atomic mass is 10.0. The minimum atomic E-state index is -0.640. The van der Waals surface area contributed by atoms with Crippen molar-refractivity contribution in [3.63, 3.8) is 0 Å². The molecule has 0 aromatic heterocycles. The van der Waals surface area contributed by atoms with E-state index in [1.165, 1.54) is 27.0 Å². The summed E-state index contributed by atoms with van der Waals surface area (Å²) in [6.45, 7) is 0. The molecule has 0 unspecified atom stereocenters. The second-order valence-electron chi connectivity index (χ2n) is 7.00. The molecule has 0 fully saturated rings. The van der Waals surface area contributed by atoms with Gasteiger partial charge in [0, 0.05) is 0 Å². The summed E-state index contributed by atoms with van der Waals surface area (Å²) in [5.41, 5.74) is 2.54. The fourth-order valence-corrected chi connectivity index (χ4v) is 6.14. The van der Waals surface area contributed by atoms with Gasteiger partial charge in [-0.25, -0.2) is 0 Å². The first-order valence-electron chi connectivity index (χ1n) is 9.99. The Morgan fingerprint density at radius 3 is 1.77 bits per heavy atom. The molecular weight excluding hydrogens is 387 g/mol. The fraction of sp³-hybridized carbons (Fsp3) is 0.111. The number of hydrogen-bond acceptors (Lipinski definition) is 2. The van der Waals surface area contributed by atoms with Crippen molar-refractivity contribution in [3.05, 3.63) is 114 Å². The Morgan fingerprint density at radius 2 is 1.17 bits per heavy atom. The van der Waals surface area contributed by atoms with Crippen LogP contribution in [0.4, 0.5) is 0 Å². The van der Waals surface area contributed by atoms with E-state index < -0.39 is 7.92 Å². The minimum Gasteiger partial charge on any atom is -0.493 e. The van der Waals surface area contributed by atoms with Gasteiger partial charge in [-0.15, -0.1) is 0 Å². The topological polar surface area (TPSA) is 18.5 Å². The SMILES string of the molecule is COc1ccc(Cc2ccccc2P(c2ccccc2)c2ccccc2)cc1OC. The molecule has 4 rings (SSSR count). The summed E-state index contributed by atoms with van der Waals surface area (Å²) in [6.07, 6.45) is 0.842. The Labute approximate surface area is 179 Å². The summed E-state index contributed by atoms with van der Waals surface area (Å²) in [7, 11) is 2.71. The van der Waals surface area contributed by atoms with Gasteiger partial charge in [0.25, 0.3) is 0 Å². The summed E-state index contributed by atoms with van der Waals surface area (Å²) >= 11 is 0. The van der Waals surface area contributed by atoms with Gasteiger partial charge in [-0.05, 0) is 53.5 Å². The number of ether oxygens (including phenoxy) is 2. The Morgan fingerprint density at radius 1 is 0.600 bits per heavy atom. The average Bonchev–Trinajstić information content (AvgIpc) is 2.82. The second kappa shape index (κ2) is 9.61. The quantitative estimate of drug-likeness (QED) is 0.396. The van der Waals surface area contributed by atoms with Crippen molar-refractivity contribution in [2.45, 2.75) is 6.42 Å². The van der Waals surface area contributed by atoms with Gasteiger partial charge in [0.05, 0.1) is 14.2 Å². The summed E-state index contributed by atoms with van der Waals surface area (Å²) in [5, 5.41) is 4.11. The lowest BCUT2D eigenvalue weighted by Gasteiger charge is -2.22. The van der Waals surface area contributed by atoms with Gasteiger partial charge in [0.2, 0.25) is 0 Å². The van der Waals surface area contributed by atoms with E-state index in [1.807, 2.05) is 6.07 Å². The highest BCUT2D eigenvalue weighted by Gasteiger charge is 2.19. The molecule has 0 spiro atoms. The predicted octanol–water partition coefficient (Wildman–Crippen LogP) is 5.05. The van der Waals surface area contributed by atoms with E-state index in [1.54, 1.807) is 14.2 Å². The lowest BCUT2D eigenvalue weighted by molar-refractivity contribution is 0.354. The van der Waals surface area contributed by atoms with Crippen molar-refractivity contribution < 1.29 is 9.47 Å². The molecule has 30 heavy (non-hydrogen) atoms. The fourth-order valence-electron chi connectivity index (χ4n) is 3.67. The van der Waals surface area contributed by atoms with Crippen molar-refractivity contribution in [3.8, 4) is 11.5 Å². The zero-order valence-electron chi connectivity index (χ0n) is 17.3. The number of methoxy groups -OCH3 is 2. The third kappa shape index (κ3) is 4.40. The van der Waals surface area contributed by atoms with Crippen LogP contribution in [-0.4, -0.2) is 14.2 Å². The van der Waals surface area contributed by atoms with Gasteiger partial charge >= 0.3 is 0 Å². The van der Waals surface area contributed by atoms with Crippen LogP contribution in [0, 0.1) is 0 Å². The largest absolute Gasteiger partial charge is 0.493 e. The molecule has 4 aromatic rings. The van der Waals surface area contributed by atoms with Gasteiger partial charge in [0.15, 0.2) is 11.5 Å². The van der Waals surface area contributed by atoms with Crippen molar-refractivity contribution in [1.82, 2.24) is 0 Å². The molecule has 0 aliphatic carbocycles. The highest BCUT2D eigenvalue weighted by Crippen LogP contribution is 2.35. The Balaban J connectivity index is 1.78. The van der Waals surface area contributed by atoms with Gasteiger partial charge in [0.1, 0.15) is 0 Å². The van der Waals surface area contributed by atoms with E-state index in [-0.39, 0.29) is 0 Å². The average molecular weight is 412 g/mol. The molecule has 0 N–H and O–H groups in total. The smallest absolute Gasteiger partial charge is 0.160 e. The second-order valence-corrected chi connectivity index (χ2v) is 9.19. The van der Waals surface area contributed by atoms with Crippen molar-refractivity contribution >= 4 is 23.8 Å². The van der Waals surface area contributed by atoms with Crippen LogP contribution in [0.25, 0.3) is 0 Å². The molecule has 0 aliphatic rings. The zero-order chi connectivity index (χ0) is 20.8. The standard InChI is InChI=1S/C27H25O2P/c1-28-25-18-17-21(20-26(25)29-2)19-22-11-9-10-16-27(22)30(23-12-5-3-6-13-23)24-14-7-4-8-15-24/h3-18,20H,19H2,1-2H3. The van der Waals surface area contributed by atoms with Crippen molar-refractivity contribution in [2.24, 2.45) is 0 Å². The summed E-state index contributed by atoms with van der Waals surface area (Å²) in [4.78, 5) is 0. The highest BCUT2D eigenvalue weighted by atomic mass is 31.1. The van der Waals surface area contributed by atoms with E-state index in [4.69, 9.17) is 9.47 Å². The van der Waals surface area contributed by atoms with Gasteiger partial charge < -0.3 is 9.47 Å². The molecule has 0 saturated carbocycles. The first kappa shape index (κ1) is 20.2. The molecule has 0 aliphatic heterocycles. The van der Waals surface area contributed by atoms with Gasteiger partial charge in [-0.2, -0.15) is 0 Å². The van der Waals surface area contributed by atoms with E-state index in [0.29, 0.717) is 0 Å². The van der Waals surface area contributed by atoms with Gasteiger partial charge in [-0.1, -0.05) is 91.0 Å². The molecule has 3 heteroatoms. The predicted molar refractivity (Wildman–Crippen MR) is 128 cm³/mol. The number of benzene rings is 4. The lowest BCUT2D eigenvalue weighted by Crippen LogP contribution is -2.23. The van der Waals surface area contributed by atoms with E-state index in [0.717, 1.165) is 17.9 Å². The minimum absolute atomic E-state index is 0.640. The number of rotatable bonds is 7. The maximum Gasteiger partial charge on any atom is 0.160 e. The van der Waals surface area contributed by atoms with Crippen LogP contribution in [0.15, 0.2) is 103 Å². The first-order valence-corrected chi connectivity index (χ1v) is 11.3. The van der Waals surface area contributed by atoms with Crippen LogP contribution in [0.5, 0.6) is 11.5 Å². The molecule has 0 radical (unpaired) electrons. The molecule has 0 amide bonds. The summed E-state index contributed by atoms with van der Waals surface area (Å²) in [6, 6.07) is 36.6. The summed E-state index contributed by atoms with van der Waals surface area (Å²) < 4.78 is 10.9. The third-order valence-electron chi connectivity index (χ3n) is 5.10. The maximum absolute atomic E-state index is 5.51. The molecule has 150 valence electrons. The molecule has 0 bridgehead atoms. The molecule has 0 heterocycles. The normalized spacial score (nSPS) is 10.8. The van der Waals surface area contributed by atoms with E-state index >= 15 is 0 Å². The van der Waals surface area contributed by atoms with Crippen LogP contribution in [0.2, 0.25) is 0 Å². The molecule has 0 atom stereocenters. The van der Waals surface area contributed by atoms with Crippen LogP contribution >= 0.6 is 7.92 Å². The summed E-state index contributed by atoms with van der Waals surface area (Å²) in [5.74, 6) is 1.52. The molecule has 0 saturated heterocycles. The van der Waals surface area contributed by atoms with Crippen LogP contribution in [0.1, 0.15) is 11.1 Å². The van der Waals surface area contributed by atoms with E-state index in [2.05, 4.69) is 97.1 Å². The Hall–Kier alpha value is -3.09. The third-order valence-corrected chi connectivity index (χ3v) is 7.65. The highest BCUT2D eigenvalue weighted by molar-refractivity contribution is 7.79. The van der Waals surface area contributed by atoms with Crippen LogP contribution < -0.4 is 25.4 Å². The molecule has 2 nitrogen and oxygen atoms in total. The first-order chi connectivity index (χ1) is 14.8. The van der Waals surface area contributed by atoms with Crippen LogP contribution in [0.3, 0.4) is 0 Å². The van der Waals surface area contributed by atoms with Crippen LogP contribution in [-0.2, 0) is 6.42 Å². The Bertz CT molecular complexity index is 1050. The molecular formula is C27H25O2P. The van der Waals surface area contributed by atoms with Gasteiger partial charge in [-0.3, -0.25) is 0 Å². The Kier molecular flexibility index (Phi) is 6.47. The van der Waals surface area contributed by atoms with Crippen molar-refractivity contribution in [2.75, 3.05) is 14.2 Å².